The molecule has 0 unspecified atom stereocenters. The molecule has 3 heterocycles. The number of para-hydroxylation sites is 1. The number of anilines is 1. The number of piperidine rings is 1. The zero-order chi connectivity index (χ0) is 19.0. The van der Waals surface area contributed by atoms with E-state index >= 15 is 0 Å². The van der Waals surface area contributed by atoms with Crippen LogP contribution < -0.4 is 9.80 Å². The first-order valence-corrected chi connectivity index (χ1v) is 10.4. The normalized spacial score (nSPS) is 22.9. The molecule has 142 valence electrons. The number of hydrogen-bond acceptors (Lipinski definition) is 4. The van der Waals surface area contributed by atoms with Gasteiger partial charge in [-0.1, -0.05) is 18.2 Å². The molecule has 27 heavy (non-hydrogen) atoms. The smallest absolute Gasteiger partial charge is 0.268 e. The lowest BCUT2D eigenvalue weighted by atomic mass is 9.89. The number of rotatable bonds is 5. The predicted molar refractivity (Wildman–Crippen MR) is 105 cm³/mol. The van der Waals surface area contributed by atoms with Crippen LogP contribution >= 0.6 is 11.3 Å². The van der Waals surface area contributed by atoms with Crippen LogP contribution in [0.5, 0.6) is 0 Å². The molecule has 4 rings (SSSR count). The summed E-state index contributed by atoms with van der Waals surface area (Å²) in [6.07, 6.45) is 3.36. The minimum Gasteiger partial charge on any atom is -0.375 e. The Balaban J connectivity index is 1.62. The average Bonchev–Trinajstić information content (AvgIpc) is 3.20. The van der Waals surface area contributed by atoms with Crippen molar-refractivity contribution < 1.29 is 19.6 Å². The van der Waals surface area contributed by atoms with Crippen molar-refractivity contribution in [3.63, 3.8) is 0 Å². The highest BCUT2D eigenvalue weighted by molar-refractivity contribution is 7.14. The van der Waals surface area contributed by atoms with Crippen molar-refractivity contribution in [3.05, 3.63) is 51.7 Å². The minimum atomic E-state index is -1.78. The fourth-order valence-electron chi connectivity index (χ4n) is 4.17. The number of hydrogen-bond donors (Lipinski definition) is 2. The summed E-state index contributed by atoms with van der Waals surface area (Å²) < 4.78 is 0. The summed E-state index contributed by atoms with van der Waals surface area (Å²) in [6.45, 7) is 4.56. The number of amides is 1. The van der Waals surface area contributed by atoms with E-state index < -0.39 is 5.60 Å². The van der Waals surface area contributed by atoms with Gasteiger partial charge in [0.25, 0.3) is 5.91 Å². The highest BCUT2D eigenvalue weighted by atomic mass is 32.1. The maximum absolute atomic E-state index is 13.2. The molecule has 2 aliphatic heterocycles. The Hall–Kier alpha value is -2.02. The van der Waals surface area contributed by atoms with E-state index in [-0.39, 0.29) is 18.1 Å². The molecule has 0 radical (unpaired) electrons. The van der Waals surface area contributed by atoms with E-state index in [1.165, 1.54) is 35.5 Å². The standard InChI is InChI=1S/C21H24N2O3S/c1-15-9-10-19(27-15)18(24)13-21(26)16-7-3-4-8-17(16)23(20(21)25)14-22-11-5-2-6-12-22/h3-4,7-10,26H,2,5-6,11-14H2,1H3/p+1/t21-/m0/s1. The molecule has 1 atom stereocenters. The zero-order valence-electron chi connectivity index (χ0n) is 15.5. The van der Waals surface area contributed by atoms with Crippen molar-refractivity contribution in [2.75, 3.05) is 24.7 Å². The summed E-state index contributed by atoms with van der Waals surface area (Å²) in [5, 5.41) is 11.3. The van der Waals surface area contributed by atoms with Crippen molar-refractivity contribution in [2.24, 2.45) is 0 Å². The lowest BCUT2D eigenvalue weighted by molar-refractivity contribution is -0.903. The number of nitrogens with zero attached hydrogens (tertiary/aromatic N) is 1. The quantitative estimate of drug-likeness (QED) is 0.773. The van der Waals surface area contributed by atoms with E-state index in [1.807, 2.05) is 31.2 Å². The van der Waals surface area contributed by atoms with Gasteiger partial charge in [0.15, 0.2) is 18.1 Å². The summed E-state index contributed by atoms with van der Waals surface area (Å²) >= 11 is 1.40. The fraction of sp³-hybridized carbons (Fsp3) is 0.429. The van der Waals surface area contributed by atoms with Gasteiger partial charge in [-0.2, -0.15) is 0 Å². The summed E-state index contributed by atoms with van der Waals surface area (Å²) in [7, 11) is 0. The second kappa shape index (κ2) is 7.19. The summed E-state index contributed by atoms with van der Waals surface area (Å²) in [5.41, 5.74) is -0.493. The summed E-state index contributed by atoms with van der Waals surface area (Å²) in [5.74, 6) is -0.561. The van der Waals surface area contributed by atoms with Crippen LogP contribution in [0.3, 0.4) is 0 Å². The van der Waals surface area contributed by atoms with Crippen LogP contribution in [0.4, 0.5) is 5.69 Å². The Morgan fingerprint density at radius 3 is 2.63 bits per heavy atom. The van der Waals surface area contributed by atoms with Crippen LogP contribution in [0.2, 0.25) is 0 Å². The second-order valence-electron chi connectivity index (χ2n) is 7.59. The molecule has 1 aromatic heterocycles. The van der Waals surface area contributed by atoms with Gasteiger partial charge in [-0.05, 0) is 44.4 Å². The van der Waals surface area contributed by atoms with Gasteiger partial charge in [0, 0.05) is 10.4 Å². The number of aliphatic hydroxyl groups is 1. The first-order chi connectivity index (χ1) is 13.0. The van der Waals surface area contributed by atoms with Gasteiger partial charge in [0.1, 0.15) is 0 Å². The number of carbonyl (C=O) groups excluding carboxylic acids is 2. The monoisotopic (exact) mass is 385 g/mol. The number of likely N-dealkylation sites (tertiary alicyclic amines) is 1. The van der Waals surface area contributed by atoms with E-state index in [0.29, 0.717) is 17.1 Å². The van der Waals surface area contributed by atoms with Gasteiger partial charge in [-0.3, -0.25) is 14.5 Å². The molecular weight excluding hydrogens is 360 g/mol. The number of ketones is 1. The number of fused-ring (bicyclic) bond motifs is 1. The highest BCUT2D eigenvalue weighted by Crippen LogP contribution is 2.42. The zero-order valence-corrected chi connectivity index (χ0v) is 16.3. The second-order valence-corrected chi connectivity index (χ2v) is 8.88. The first-order valence-electron chi connectivity index (χ1n) is 9.56. The first kappa shape index (κ1) is 18.3. The third kappa shape index (κ3) is 3.33. The van der Waals surface area contributed by atoms with Gasteiger partial charge in [0.05, 0.1) is 30.1 Å². The molecule has 1 amide bonds. The molecule has 2 N–H and O–H groups in total. The molecule has 0 aliphatic carbocycles. The fourth-order valence-corrected chi connectivity index (χ4v) is 4.98. The van der Waals surface area contributed by atoms with Gasteiger partial charge in [-0.15, -0.1) is 11.3 Å². The van der Waals surface area contributed by atoms with Crippen molar-refractivity contribution in [1.82, 2.24) is 0 Å². The largest absolute Gasteiger partial charge is 0.375 e. The molecule has 0 saturated carbocycles. The van der Waals surface area contributed by atoms with Gasteiger partial charge >= 0.3 is 0 Å². The number of nitrogens with one attached hydrogen (secondary N) is 1. The number of carbonyl (C=O) groups is 2. The number of aryl methyl sites for hydroxylation is 1. The molecule has 2 aromatic rings. The van der Waals surface area contributed by atoms with E-state index in [9.17, 15) is 14.7 Å². The number of quaternary nitrogens is 1. The van der Waals surface area contributed by atoms with Crippen molar-refractivity contribution >= 4 is 28.7 Å². The lowest BCUT2D eigenvalue weighted by Crippen LogP contribution is -3.14. The SMILES string of the molecule is Cc1ccc(C(=O)C[C@@]2(O)C(=O)N(C[NH+]3CCCCC3)c3ccccc32)s1. The lowest BCUT2D eigenvalue weighted by Gasteiger charge is -2.29. The molecule has 0 spiro atoms. The van der Waals surface area contributed by atoms with E-state index in [1.54, 1.807) is 17.0 Å². The molecular formula is C21H25N2O3S+. The van der Waals surface area contributed by atoms with Gasteiger partial charge in [-0.25, -0.2) is 0 Å². The van der Waals surface area contributed by atoms with Crippen molar-refractivity contribution in [1.29, 1.82) is 0 Å². The minimum absolute atomic E-state index is 0.189. The van der Waals surface area contributed by atoms with Crippen LogP contribution in [-0.4, -0.2) is 36.6 Å². The Morgan fingerprint density at radius 2 is 1.93 bits per heavy atom. The molecule has 2 aliphatic rings. The third-order valence-electron chi connectivity index (χ3n) is 5.61. The van der Waals surface area contributed by atoms with E-state index in [0.717, 1.165) is 23.7 Å². The van der Waals surface area contributed by atoms with Crippen LogP contribution in [0.25, 0.3) is 0 Å². The Kier molecular flexibility index (Phi) is 4.88. The Bertz CT molecular complexity index is 872. The number of benzene rings is 1. The van der Waals surface area contributed by atoms with Gasteiger partial charge in [0.2, 0.25) is 0 Å². The molecule has 0 bridgehead atoms. The van der Waals surface area contributed by atoms with E-state index in [4.69, 9.17) is 0 Å². The topological polar surface area (TPSA) is 62.0 Å². The average molecular weight is 386 g/mol. The Labute approximate surface area is 163 Å². The molecule has 1 fully saturated rings. The van der Waals surface area contributed by atoms with Crippen LogP contribution in [0.1, 0.15) is 45.8 Å². The van der Waals surface area contributed by atoms with Crippen LogP contribution in [0.15, 0.2) is 36.4 Å². The molecule has 6 heteroatoms. The predicted octanol–water partition coefficient (Wildman–Crippen LogP) is 1.89. The molecule has 5 nitrogen and oxygen atoms in total. The number of Topliss-reactive ketones (excluding diaryl/α,β-unsaturated/α-hetero) is 1. The maximum atomic E-state index is 13.2. The summed E-state index contributed by atoms with van der Waals surface area (Å²) in [6, 6.07) is 11.0. The third-order valence-corrected chi connectivity index (χ3v) is 6.66. The highest BCUT2D eigenvalue weighted by Gasteiger charge is 2.51. The van der Waals surface area contributed by atoms with Gasteiger partial charge < -0.3 is 10.0 Å². The van der Waals surface area contributed by atoms with Crippen LogP contribution in [0, 0.1) is 6.92 Å². The van der Waals surface area contributed by atoms with Crippen LogP contribution in [-0.2, 0) is 10.4 Å². The molecule has 1 aromatic carbocycles. The van der Waals surface area contributed by atoms with E-state index in [2.05, 4.69) is 0 Å². The maximum Gasteiger partial charge on any atom is 0.268 e. The number of thiophene rings is 1. The molecule has 1 saturated heterocycles. The van der Waals surface area contributed by atoms with Crippen molar-refractivity contribution in [2.45, 2.75) is 38.2 Å². The Morgan fingerprint density at radius 1 is 1.19 bits per heavy atom. The van der Waals surface area contributed by atoms with Crippen molar-refractivity contribution in [3.8, 4) is 0 Å². The summed E-state index contributed by atoms with van der Waals surface area (Å²) in [4.78, 5) is 30.7.